The van der Waals surface area contributed by atoms with Crippen LogP contribution in [0.25, 0.3) is 0 Å². The van der Waals surface area contributed by atoms with Crippen LogP contribution in [0, 0.1) is 17.3 Å². The number of nitrogens with one attached hydrogen (secondary N) is 1. The Balaban J connectivity index is 0. The Hall–Kier alpha value is -1.06. The van der Waals surface area contributed by atoms with E-state index in [0.29, 0.717) is 6.42 Å². The monoisotopic (exact) mass is 300 g/mol. The van der Waals surface area contributed by atoms with Crippen LogP contribution in [0.5, 0.6) is 0 Å². The first-order valence-electron chi connectivity index (χ1n) is 8.33. The summed E-state index contributed by atoms with van der Waals surface area (Å²) in [6, 6.07) is 0. The van der Waals surface area contributed by atoms with Gasteiger partial charge in [-0.1, -0.05) is 54.4 Å². The predicted octanol–water partition coefficient (Wildman–Crippen LogP) is 3.49. The van der Waals surface area contributed by atoms with Crippen molar-refractivity contribution in [3.63, 3.8) is 0 Å². The van der Waals surface area contributed by atoms with Crippen LogP contribution in [0.15, 0.2) is 0 Å². The van der Waals surface area contributed by atoms with Crippen molar-refractivity contribution in [2.75, 3.05) is 7.05 Å². The Morgan fingerprint density at radius 2 is 1.52 bits per heavy atom. The number of carbonyl (C=O) groups is 2. The molecule has 0 aromatic rings. The Morgan fingerprint density at radius 3 is 1.76 bits per heavy atom. The van der Waals surface area contributed by atoms with Crippen LogP contribution in [-0.2, 0) is 9.59 Å². The van der Waals surface area contributed by atoms with E-state index in [1.807, 2.05) is 20.8 Å². The number of hydrogen-bond acceptors (Lipinski definition) is 2. The summed E-state index contributed by atoms with van der Waals surface area (Å²) in [6.07, 6.45) is 4.18. The van der Waals surface area contributed by atoms with Gasteiger partial charge < -0.3 is 11.1 Å². The van der Waals surface area contributed by atoms with Crippen LogP contribution < -0.4 is 11.1 Å². The highest BCUT2D eigenvalue weighted by Gasteiger charge is 2.48. The molecular weight excluding hydrogens is 264 g/mol. The van der Waals surface area contributed by atoms with Crippen molar-refractivity contribution in [2.45, 2.75) is 73.6 Å². The van der Waals surface area contributed by atoms with E-state index in [1.165, 1.54) is 0 Å². The van der Waals surface area contributed by atoms with Crippen LogP contribution in [0.3, 0.4) is 0 Å². The molecule has 0 aromatic carbocycles. The van der Waals surface area contributed by atoms with Gasteiger partial charge in [-0.15, -0.1) is 0 Å². The van der Waals surface area contributed by atoms with Gasteiger partial charge in [0.05, 0.1) is 11.3 Å². The van der Waals surface area contributed by atoms with E-state index in [-0.39, 0.29) is 17.7 Å². The molecule has 0 aromatic heterocycles. The first kappa shape index (κ1) is 22.2. The van der Waals surface area contributed by atoms with E-state index in [1.54, 1.807) is 7.05 Å². The third kappa shape index (κ3) is 6.96. The summed E-state index contributed by atoms with van der Waals surface area (Å²) in [5.41, 5.74) is 4.89. The lowest BCUT2D eigenvalue weighted by atomic mass is 9.71. The molecule has 0 radical (unpaired) electrons. The minimum Gasteiger partial charge on any atom is -0.369 e. The summed E-state index contributed by atoms with van der Waals surface area (Å²) < 4.78 is 0. The van der Waals surface area contributed by atoms with Crippen molar-refractivity contribution >= 4 is 11.8 Å². The van der Waals surface area contributed by atoms with Gasteiger partial charge in [-0.2, -0.15) is 0 Å². The molecule has 21 heavy (non-hydrogen) atoms. The van der Waals surface area contributed by atoms with E-state index in [4.69, 9.17) is 5.73 Å². The molecule has 1 atom stereocenters. The maximum atomic E-state index is 11.7. The minimum absolute atomic E-state index is 0.0572. The zero-order chi connectivity index (χ0) is 17.1. The predicted molar refractivity (Wildman–Crippen MR) is 89.8 cm³/mol. The third-order valence-corrected chi connectivity index (χ3v) is 3.62. The maximum Gasteiger partial charge on any atom is 0.224 e. The molecule has 0 unspecified atom stereocenters. The highest BCUT2D eigenvalue weighted by Crippen LogP contribution is 2.45. The fourth-order valence-electron chi connectivity index (χ4n) is 2.77. The number of primary amides is 1. The summed E-state index contributed by atoms with van der Waals surface area (Å²) >= 11 is 0. The number of carbonyl (C=O) groups excluding carboxylic acids is 2. The molecule has 0 aliphatic heterocycles. The first-order chi connectivity index (χ1) is 9.81. The second kappa shape index (κ2) is 11.6. The van der Waals surface area contributed by atoms with Gasteiger partial charge >= 0.3 is 0 Å². The molecule has 0 heterocycles. The average Bonchev–Trinajstić information content (AvgIpc) is 2.91. The van der Waals surface area contributed by atoms with E-state index in [0.717, 1.165) is 31.6 Å². The second-order valence-electron chi connectivity index (χ2n) is 6.03. The van der Waals surface area contributed by atoms with Crippen molar-refractivity contribution in [2.24, 2.45) is 23.0 Å². The Labute approximate surface area is 131 Å². The fraction of sp³-hybridized carbons (Fsp3) is 0.882. The van der Waals surface area contributed by atoms with Crippen molar-refractivity contribution < 1.29 is 9.59 Å². The van der Waals surface area contributed by atoms with Crippen molar-refractivity contribution in [3.05, 3.63) is 0 Å². The quantitative estimate of drug-likeness (QED) is 0.834. The standard InChI is InChI=1S/C11H20N2O2.C4H10.C2H6/c1-3-8(9(14)13-2)11(10(12)15)6-4-5-7-11;1-4(2)3;1-2/h8H,3-7H2,1-2H3,(H2,12,15)(H,13,14);4H,1-3H3;1-2H3/t8-;;/m0../s1. The second-order valence-corrected chi connectivity index (χ2v) is 6.03. The van der Waals surface area contributed by atoms with Gasteiger partial charge in [0, 0.05) is 7.05 Å². The molecule has 0 bridgehead atoms. The largest absolute Gasteiger partial charge is 0.369 e. The first-order valence-corrected chi connectivity index (χ1v) is 8.33. The van der Waals surface area contributed by atoms with Crippen molar-refractivity contribution in [1.29, 1.82) is 0 Å². The van der Waals surface area contributed by atoms with Gasteiger partial charge in [0.25, 0.3) is 0 Å². The number of nitrogens with two attached hydrogens (primary N) is 1. The maximum absolute atomic E-state index is 11.7. The SMILES string of the molecule is CC.CC(C)C.CC[C@@H](C(=O)NC)C1(C(N)=O)CCCC1. The molecule has 1 saturated carbocycles. The number of hydrogen-bond donors (Lipinski definition) is 2. The van der Waals surface area contributed by atoms with Gasteiger partial charge in [0.2, 0.25) is 11.8 Å². The smallest absolute Gasteiger partial charge is 0.224 e. The Morgan fingerprint density at radius 1 is 1.14 bits per heavy atom. The van der Waals surface area contributed by atoms with E-state index in [2.05, 4.69) is 26.1 Å². The molecule has 1 rings (SSSR count). The topological polar surface area (TPSA) is 72.2 Å². The summed E-state index contributed by atoms with van der Waals surface area (Å²) in [6.45, 7) is 12.4. The normalized spacial score (nSPS) is 17.0. The summed E-state index contributed by atoms with van der Waals surface area (Å²) in [5, 5.41) is 2.63. The third-order valence-electron chi connectivity index (χ3n) is 3.62. The van der Waals surface area contributed by atoms with Crippen LogP contribution >= 0.6 is 0 Å². The highest BCUT2D eigenvalue weighted by atomic mass is 16.2. The molecule has 4 nitrogen and oxygen atoms in total. The molecule has 1 aliphatic rings. The van der Waals surface area contributed by atoms with Crippen LogP contribution in [0.2, 0.25) is 0 Å². The Kier molecular flexibility index (Phi) is 12.3. The molecule has 4 heteroatoms. The molecule has 0 saturated heterocycles. The van der Waals surface area contributed by atoms with E-state index >= 15 is 0 Å². The van der Waals surface area contributed by atoms with Crippen LogP contribution in [-0.4, -0.2) is 18.9 Å². The van der Waals surface area contributed by atoms with Gasteiger partial charge in [0.15, 0.2) is 0 Å². The highest BCUT2D eigenvalue weighted by molar-refractivity contribution is 5.90. The Bertz CT molecular complexity index is 292. The zero-order valence-electron chi connectivity index (χ0n) is 15.1. The fourth-order valence-corrected chi connectivity index (χ4v) is 2.77. The number of rotatable bonds is 4. The minimum atomic E-state index is -0.588. The molecule has 2 amide bonds. The lowest BCUT2D eigenvalue weighted by Crippen LogP contribution is -2.47. The van der Waals surface area contributed by atoms with Gasteiger partial charge in [-0.25, -0.2) is 0 Å². The van der Waals surface area contributed by atoms with Gasteiger partial charge in [-0.05, 0) is 25.2 Å². The van der Waals surface area contributed by atoms with Crippen molar-refractivity contribution in [3.8, 4) is 0 Å². The molecule has 0 spiro atoms. The molecule has 3 N–H and O–H groups in total. The number of amides is 2. The lowest BCUT2D eigenvalue weighted by Gasteiger charge is -2.32. The average molecular weight is 300 g/mol. The molecule has 1 aliphatic carbocycles. The van der Waals surface area contributed by atoms with E-state index < -0.39 is 5.41 Å². The van der Waals surface area contributed by atoms with Gasteiger partial charge in [0.1, 0.15) is 0 Å². The van der Waals surface area contributed by atoms with Crippen LogP contribution in [0.1, 0.15) is 73.6 Å². The van der Waals surface area contributed by atoms with Gasteiger partial charge in [-0.3, -0.25) is 9.59 Å². The molecule has 1 fully saturated rings. The van der Waals surface area contributed by atoms with E-state index in [9.17, 15) is 9.59 Å². The summed E-state index contributed by atoms with van der Waals surface area (Å²) in [7, 11) is 1.61. The summed E-state index contributed by atoms with van der Waals surface area (Å²) in [4.78, 5) is 23.3. The molecule has 126 valence electrons. The summed E-state index contributed by atoms with van der Waals surface area (Å²) in [5.74, 6) is 0.205. The van der Waals surface area contributed by atoms with Crippen molar-refractivity contribution in [1.82, 2.24) is 5.32 Å². The lowest BCUT2D eigenvalue weighted by molar-refractivity contribution is -0.140. The zero-order valence-corrected chi connectivity index (χ0v) is 15.1. The molecular formula is C17H36N2O2. The van der Waals surface area contributed by atoms with Crippen LogP contribution in [0.4, 0.5) is 0 Å².